The van der Waals surface area contributed by atoms with Gasteiger partial charge >= 0.3 is 0 Å². The molecule has 1 aromatic carbocycles. The number of likely N-dealkylation sites (tertiary alicyclic amines) is 1. The number of guanidine groups is 1. The third-order valence-corrected chi connectivity index (χ3v) is 6.49. The number of carbonyl (C=O) groups is 3. The lowest BCUT2D eigenvalue weighted by atomic mass is 10.2. The quantitative estimate of drug-likeness (QED) is 0.229. The molecular weight excluding hydrogens is 571 g/mol. The highest BCUT2D eigenvalue weighted by Gasteiger charge is 2.34. The number of aliphatic imine (C=N–C) groups is 1. The van der Waals surface area contributed by atoms with Crippen LogP contribution in [0.25, 0.3) is 0 Å². The molecule has 37 heavy (non-hydrogen) atoms. The molecule has 0 aliphatic carbocycles. The lowest BCUT2D eigenvalue weighted by Crippen LogP contribution is -2.49. The molecule has 0 aromatic heterocycles. The van der Waals surface area contributed by atoms with E-state index in [1.165, 1.54) is 23.5 Å². The lowest BCUT2D eigenvalue weighted by molar-refractivity contribution is -0.137. The van der Waals surface area contributed by atoms with Gasteiger partial charge < -0.3 is 21.7 Å². The molecule has 1 atom stereocenters. The van der Waals surface area contributed by atoms with Gasteiger partial charge in [0.2, 0.25) is 21.8 Å². The van der Waals surface area contributed by atoms with Gasteiger partial charge in [0.15, 0.2) is 11.7 Å². The molecule has 14 heteroatoms. The first-order chi connectivity index (χ1) is 17.4. The van der Waals surface area contributed by atoms with Gasteiger partial charge in [-0.15, -0.1) is 0 Å². The van der Waals surface area contributed by atoms with Gasteiger partial charge in [-0.25, -0.2) is 17.5 Å². The average molecular weight is 610 g/mol. The summed E-state index contributed by atoms with van der Waals surface area (Å²) in [4.78, 5) is 40.4. The number of hydrogen-bond acceptors (Lipinski definition) is 6. The summed E-state index contributed by atoms with van der Waals surface area (Å²) >= 11 is 3.21. The molecule has 6 N–H and O–H groups in total. The van der Waals surface area contributed by atoms with Crippen molar-refractivity contribution in [2.24, 2.45) is 16.5 Å². The second-order valence-corrected chi connectivity index (χ2v) is 10.6. The number of nitrogens with two attached hydrogens (primary N) is 2. The molecule has 1 saturated heterocycles. The fourth-order valence-corrected chi connectivity index (χ4v) is 4.12. The minimum atomic E-state index is -3.87. The van der Waals surface area contributed by atoms with Crippen molar-refractivity contribution in [1.82, 2.24) is 14.9 Å². The highest BCUT2D eigenvalue weighted by atomic mass is 79.9. The Bertz CT molecular complexity index is 988. The number of nitrogens with zero attached hydrogens (tertiary/aromatic N) is 2. The molecule has 1 fully saturated rings. The van der Waals surface area contributed by atoms with E-state index in [1.807, 2.05) is 6.92 Å². The van der Waals surface area contributed by atoms with Crippen LogP contribution in [0.4, 0.5) is 4.39 Å². The topological polar surface area (TPSA) is 177 Å². The summed E-state index contributed by atoms with van der Waals surface area (Å²) in [6, 6.07) is 5.11. The van der Waals surface area contributed by atoms with E-state index in [2.05, 4.69) is 44.8 Å². The number of benzene rings is 1. The highest BCUT2D eigenvalue weighted by molar-refractivity contribution is 9.10. The van der Waals surface area contributed by atoms with Gasteiger partial charge in [0.05, 0.1) is 18.0 Å². The van der Waals surface area contributed by atoms with Crippen LogP contribution < -0.4 is 21.5 Å². The maximum absolute atomic E-state index is 12.4. The van der Waals surface area contributed by atoms with E-state index in [9.17, 15) is 27.2 Å². The monoisotopic (exact) mass is 608 g/mol. The molecule has 1 heterocycles. The number of halogens is 2. The van der Waals surface area contributed by atoms with Crippen molar-refractivity contribution in [3.05, 3.63) is 28.7 Å². The second-order valence-electron chi connectivity index (χ2n) is 7.93. The van der Waals surface area contributed by atoms with Crippen LogP contribution in [0.5, 0.6) is 0 Å². The maximum atomic E-state index is 12.4. The molecular formula is C23H38BrFN6O5S. The van der Waals surface area contributed by atoms with Crippen LogP contribution >= 0.6 is 15.9 Å². The van der Waals surface area contributed by atoms with Crippen LogP contribution in [-0.2, 0) is 24.4 Å². The SMILES string of the molecule is CCC.CCCN=C(N)N.O=C(CF)CNC(=O)C1CCCN1C(=O)CNS(=O)(=O)c1ccc(Br)cc1. The van der Waals surface area contributed by atoms with Crippen LogP contribution in [0, 0.1) is 0 Å². The van der Waals surface area contributed by atoms with Gasteiger partial charge in [-0.2, -0.15) is 0 Å². The molecule has 0 radical (unpaired) electrons. The van der Waals surface area contributed by atoms with Crippen molar-refractivity contribution in [2.75, 3.05) is 32.9 Å². The Kier molecular flexibility index (Phi) is 17.3. The van der Waals surface area contributed by atoms with Gasteiger partial charge in [0.1, 0.15) is 12.7 Å². The first kappa shape index (κ1) is 34.4. The Morgan fingerprint density at radius 1 is 1.14 bits per heavy atom. The zero-order valence-electron chi connectivity index (χ0n) is 21.5. The predicted octanol–water partition coefficient (Wildman–Crippen LogP) is 1.46. The van der Waals surface area contributed by atoms with Crippen molar-refractivity contribution in [3.8, 4) is 0 Å². The van der Waals surface area contributed by atoms with E-state index in [4.69, 9.17) is 11.5 Å². The average Bonchev–Trinajstić information content (AvgIpc) is 3.36. The summed E-state index contributed by atoms with van der Waals surface area (Å²) in [5.41, 5.74) is 10.0. The van der Waals surface area contributed by atoms with Crippen molar-refractivity contribution >= 4 is 49.5 Å². The van der Waals surface area contributed by atoms with E-state index in [0.717, 1.165) is 17.4 Å². The van der Waals surface area contributed by atoms with E-state index in [1.54, 1.807) is 12.1 Å². The first-order valence-corrected chi connectivity index (χ1v) is 14.2. The summed E-state index contributed by atoms with van der Waals surface area (Å²) in [5.74, 6) is -1.69. The molecule has 0 saturated carbocycles. The number of ketones is 1. The van der Waals surface area contributed by atoms with Crippen molar-refractivity contribution in [2.45, 2.75) is 57.4 Å². The van der Waals surface area contributed by atoms with Gasteiger partial charge in [-0.05, 0) is 43.5 Å². The Balaban J connectivity index is 0.00000110. The summed E-state index contributed by atoms with van der Waals surface area (Å²) < 4.78 is 39.6. The number of carbonyl (C=O) groups excluding carboxylic acids is 3. The van der Waals surface area contributed by atoms with Crippen molar-refractivity contribution in [1.29, 1.82) is 0 Å². The largest absolute Gasteiger partial charge is 0.370 e. The Morgan fingerprint density at radius 2 is 1.73 bits per heavy atom. The van der Waals surface area contributed by atoms with Gasteiger partial charge in [0, 0.05) is 17.6 Å². The zero-order valence-corrected chi connectivity index (χ0v) is 23.9. The van der Waals surface area contributed by atoms with E-state index in [0.29, 0.717) is 19.4 Å². The summed E-state index contributed by atoms with van der Waals surface area (Å²) in [7, 11) is -3.87. The Labute approximate surface area is 226 Å². The molecule has 1 aromatic rings. The van der Waals surface area contributed by atoms with Crippen LogP contribution in [-0.4, -0.2) is 75.8 Å². The minimum absolute atomic E-state index is 0.0129. The molecule has 1 aliphatic heterocycles. The summed E-state index contributed by atoms with van der Waals surface area (Å²) in [6.45, 7) is 5.20. The van der Waals surface area contributed by atoms with Crippen LogP contribution in [0.2, 0.25) is 0 Å². The fourth-order valence-electron chi connectivity index (χ4n) is 2.88. The van der Waals surface area contributed by atoms with Crippen molar-refractivity contribution in [3.63, 3.8) is 0 Å². The third-order valence-electron chi connectivity index (χ3n) is 4.54. The van der Waals surface area contributed by atoms with Crippen LogP contribution in [0.1, 0.15) is 46.5 Å². The standard InChI is InChI=1S/C16H19BrFN3O5S.C4H11N3.C3H8/c17-11-3-5-13(6-4-11)27(25,26)20-10-15(23)21-7-1-2-14(21)16(24)19-9-12(22)8-18;1-2-3-7-4(5)6;1-3-2/h3-6,14,20H,1-2,7-10H2,(H,19,24);2-3H2,1H3,(H4,5,6,7);3H2,1-2H3. The van der Waals surface area contributed by atoms with Gasteiger partial charge in [-0.3, -0.25) is 19.4 Å². The van der Waals surface area contributed by atoms with E-state index >= 15 is 0 Å². The second kappa shape index (κ2) is 18.6. The predicted molar refractivity (Wildman–Crippen MR) is 145 cm³/mol. The molecule has 2 rings (SSSR count). The van der Waals surface area contributed by atoms with Gasteiger partial charge in [0.25, 0.3) is 0 Å². The number of hydrogen-bond donors (Lipinski definition) is 4. The third kappa shape index (κ3) is 14.1. The first-order valence-electron chi connectivity index (χ1n) is 11.9. The number of Topliss-reactive ketones (excluding diaryl/α,β-unsaturated/α-hetero) is 1. The van der Waals surface area contributed by atoms with Crippen LogP contribution in [0.15, 0.2) is 38.6 Å². The maximum Gasteiger partial charge on any atom is 0.243 e. The fraction of sp³-hybridized carbons (Fsp3) is 0.565. The number of sulfonamides is 1. The molecule has 2 amide bonds. The lowest BCUT2D eigenvalue weighted by Gasteiger charge is -2.24. The smallest absolute Gasteiger partial charge is 0.243 e. The van der Waals surface area contributed by atoms with Crippen molar-refractivity contribution < 1.29 is 27.2 Å². The number of rotatable bonds is 10. The normalized spacial score (nSPS) is 14.4. The van der Waals surface area contributed by atoms with E-state index in [-0.39, 0.29) is 10.9 Å². The van der Waals surface area contributed by atoms with Gasteiger partial charge in [-0.1, -0.05) is 43.1 Å². The Hall–Kier alpha value is -2.58. The molecule has 0 bridgehead atoms. The number of alkyl halides is 1. The minimum Gasteiger partial charge on any atom is -0.370 e. The molecule has 1 aliphatic rings. The molecule has 1 unspecified atom stereocenters. The molecule has 0 spiro atoms. The zero-order chi connectivity index (χ0) is 28.4. The Morgan fingerprint density at radius 3 is 2.22 bits per heavy atom. The highest BCUT2D eigenvalue weighted by Crippen LogP contribution is 2.18. The number of nitrogens with one attached hydrogen (secondary N) is 2. The number of amides is 2. The van der Waals surface area contributed by atoms with Crippen LogP contribution in [0.3, 0.4) is 0 Å². The molecule has 11 nitrogen and oxygen atoms in total. The summed E-state index contributed by atoms with van der Waals surface area (Å²) in [6.07, 6.45) is 3.21. The molecule has 210 valence electrons. The summed E-state index contributed by atoms with van der Waals surface area (Å²) in [5, 5.41) is 2.30. The van der Waals surface area contributed by atoms with E-state index < -0.39 is 53.4 Å².